The average Bonchev–Trinajstić information content (AvgIpc) is 2.72. The van der Waals surface area contributed by atoms with Crippen LogP contribution in [0.25, 0.3) is 0 Å². The van der Waals surface area contributed by atoms with Crippen LogP contribution in [0, 0.1) is 13.8 Å². The van der Waals surface area contributed by atoms with Gasteiger partial charge in [0.25, 0.3) is 0 Å². The van der Waals surface area contributed by atoms with Crippen LogP contribution in [0.15, 0.2) is 36.4 Å². The van der Waals surface area contributed by atoms with E-state index in [9.17, 15) is 18.0 Å². The number of halogens is 2. The fourth-order valence-corrected chi connectivity index (χ4v) is 4.62. The molecule has 0 fully saturated rings. The number of nitrogens with one attached hydrogen (secondary N) is 1. The molecule has 0 saturated heterocycles. The molecular formula is C24H31Cl2N3O4S. The summed E-state index contributed by atoms with van der Waals surface area (Å²) in [6.07, 6.45) is 1.06. The van der Waals surface area contributed by atoms with Crippen molar-refractivity contribution < 1.29 is 18.0 Å². The molecule has 0 radical (unpaired) electrons. The highest BCUT2D eigenvalue weighted by atomic mass is 35.5. The standard InChI is InChI=1S/C24H31Cl2N3O4S/c1-15(2)27-24(31)18(5)28(13-19-9-10-20(25)21(26)12-19)23(30)14-29(34(6,32)33)22-11-16(3)7-8-17(22)4/h7-12,15,18H,13-14H2,1-6H3,(H,27,31)/t18-/m0/s1. The van der Waals surface area contributed by atoms with Gasteiger partial charge in [-0.05, 0) is 69.5 Å². The third-order valence-electron chi connectivity index (χ3n) is 5.25. The second-order valence-electron chi connectivity index (χ2n) is 8.67. The number of nitrogens with zero attached hydrogens (tertiary/aromatic N) is 2. The quantitative estimate of drug-likeness (QED) is 0.526. The monoisotopic (exact) mass is 527 g/mol. The highest BCUT2D eigenvalue weighted by Crippen LogP contribution is 2.26. The fraction of sp³-hybridized carbons (Fsp3) is 0.417. The Hall–Kier alpha value is -2.29. The van der Waals surface area contributed by atoms with Gasteiger partial charge in [-0.2, -0.15) is 0 Å². The number of carbonyl (C=O) groups is 2. The Kier molecular flexibility index (Phi) is 9.39. The summed E-state index contributed by atoms with van der Waals surface area (Å²) in [7, 11) is -3.79. The van der Waals surface area contributed by atoms with E-state index in [-0.39, 0.29) is 18.5 Å². The Morgan fingerprint density at radius 3 is 2.21 bits per heavy atom. The van der Waals surface area contributed by atoms with Crippen LogP contribution in [0.1, 0.15) is 37.5 Å². The van der Waals surface area contributed by atoms with Crippen LogP contribution in [0.3, 0.4) is 0 Å². The van der Waals surface area contributed by atoms with E-state index >= 15 is 0 Å². The molecule has 186 valence electrons. The molecule has 10 heteroatoms. The molecule has 0 bridgehead atoms. The molecule has 0 unspecified atom stereocenters. The molecule has 0 aromatic heterocycles. The van der Waals surface area contributed by atoms with E-state index in [0.717, 1.165) is 16.1 Å². The Morgan fingerprint density at radius 2 is 1.65 bits per heavy atom. The second-order valence-corrected chi connectivity index (χ2v) is 11.4. The molecule has 2 aromatic carbocycles. The molecule has 34 heavy (non-hydrogen) atoms. The van der Waals surface area contributed by atoms with E-state index in [0.29, 0.717) is 26.9 Å². The predicted molar refractivity (Wildman–Crippen MR) is 138 cm³/mol. The fourth-order valence-electron chi connectivity index (χ4n) is 3.41. The number of hydrogen-bond acceptors (Lipinski definition) is 4. The zero-order valence-corrected chi connectivity index (χ0v) is 22.6. The normalized spacial score (nSPS) is 12.4. The van der Waals surface area contributed by atoms with Crippen molar-refractivity contribution in [2.75, 3.05) is 17.1 Å². The zero-order valence-electron chi connectivity index (χ0n) is 20.2. The number of aryl methyl sites for hydroxylation is 2. The smallest absolute Gasteiger partial charge is 0.244 e. The largest absolute Gasteiger partial charge is 0.352 e. The third kappa shape index (κ3) is 7.35. The van der Waals surface area contributed by atoms with Crippen molar-refractivity contribution in [2.24, 2.45) is 0 Å². The lowest BCUT2D eigenvalue weighted by Gasteiger charge is -2.32. The summed E-state index contributed by atoms with van der Waals surface area (Å²) in [6, 6.07) is 9.36. The van der Waals surface area contributed by atoms with Crippen molar-refractivity contribution in [3.8, 4) is 0 Å². The van der Waals surface area contributed by atoms with Crippen LogP contribution in [0.2, 0.25) is 10.0 Å². The topological polar surface area (TPSA) is 86.8 Å². The van der Waals surface area contributed by atoms with E-state index < -0.39 is 28.5 Å². The van der Waals surface area contributed by atoms with Gasteiger partial charge < -0.3 is 10.2 Å². The van der Waals surface area contributed by atoms with E-state index in [4.69, 9.17) is 23.2 Å². The minimum Gasteiger partial charge on any atom is -0.352 e. The predicted octanol–water partition coefficient (Wildman–Crippen LogP) is 4.32. The summed E-state index contributed by atoms with van der Waals surface area (Å²) in [5, 5.41) is 3.49. The number of anilines is 1. The second kappa shape index (κ2) is 11.4. The summed E-state index contributed by atoms with van der Waals surface area (Å²) >= 11 is 12.2. The Labute approximate surface area is 212 Å². The molecule has 1 atom stereocenters. The molecule has 0 aliphatic heterocycles. The summed E-state index contributed by atoms with van der Waals surface area (Å²) in [6.45, 7) is 8.47. The van der Waals surface area contributed by atoms with Gasteiger partial charge in [0.05, 0.1) is 22.0 Å². The van der Waals surface area contributed by atoms with Crippen LogP contribution < -0.4 is 9.62 Å². The van der Waals surface area contributed by atoms with Crippen LogP contribution >= 0.6 is 23.2 Å². The molecule has 0 saturated carbocycles. The van der Waals surface area contributed by atoms with Gasteiger partial charge in [-0.15, -0.1) is 0 Å². The maximum Gasteiger partial charge on any atom is 0.244 e. The molecule has 1 N–H and O–H groups in total. The molecule has 0 spiro atoms. The molecule has 2 amide bonds. The van der Waals surface area contributed by atoms with Gasteiger partial charge in [0.1, 0.15) is 12.6 Å². The summed E-state index contributed by atoms with van der Waals surface area (Å²) in [4.78, 5) is 27.7. The van der Waals surface area contributed by atoms with E-state index in [1.807, 2.05) is 26.8 Å². The summed E-state index contributed by atoms with van der Waals surface area (Å²) < 4.78 is 26.4. The first-order chi connectivity index (χ1) is 15.7. The van der Waals surface area contributed by atoms with E-state index in [1.54, 1.807) is 44.2 Å². The SMILES string of the molecule is Cc1ccc(C)c(N(CC(=O)N(Cc2ccc(Cl)c(Cl)c2)[C@@H](C)C(=O)NC(C)C)S(C)(=O)=O)c1. The molecule has 0 aliphatic carbocycles. The van der Waals surface area contributed by atoms with Gasteiger partial charge in [-0.3, -0.25) is 13.9 Å². The van der Waals surface area contributed by atoms with Crippen molar-refractivity contribution >= 4 is 50.7 Å². The van der Waals surface area contributed by atoms with Gasteiger partial charge in [0.15, 0.2) is 0 Å². The maximum atomic E-state index is 13.5. The van der Waals surface area contributed by atoms with Crippen LogP contribution in [0.4, 0.5) is 5.69 Å². The van der Waals surface area contributed by atoms with Crippen LogP contribution in [0.5, 0.6) is 0 Å². The Bertz CT molecular complexity index is 1170. The number of rotatable bonds is 9. The van der Waals surface area contributed by atoms with Gasteiger partial charge >= 0.3 is 0 Å². The van der Waals surface area contributed by atoms with Crippen molar-refractivity contribution in [3.63, 3.8) is 0 Å². The number of hydrogen-bond donors (Lipinski definition) is 1. The number of sulfonamides is 1. The maximum absolute atomic E-state index is 13.5. The van der Waals surface area contributed by atoms with Crippen molar-refractivity contribution in [1.82, 2.24) is 10.2 Å². The van der Waals surface area contributed by atoms with Gasteiger partial charge in [0.2, 0.25) is 21.8 Å². The molecule has 2 aromatic rings. The van der Waals surface area contributed by atoms with E-state index in [1.165, 1.54) is 4.90 Å². The first-order valence-electron chi connectivity index (χ1n) is 10.8. The average molecular weight is 529 g/mol. The molecular weight excluding hydrogens is 497 g/mol. The summed E-state index contributed by atoms with van der Waals surface area (Å²) in [5.41, 5.74) is 2.65. The lowest BCUT2D eigenvalue weighted by atomic mass is 10.1. The third-order valence-corrected chi connectivity index (χ3v) is 7.11. The Balaban J connectivity index is 2.46. The number of benzene rings is 2. The van der Waals surface area contributed by atoms with Crippen LogP contribution in [-0.4, -0.2) is 50.0 Å². The van der Waals surface area contributed by atoms with Gasteiger partial charge in [0, 0.05) is 12.6 Å². The van der Waals surface area contributed by atoms with Crippen LogP contribution in [-0.2, 0) is 26.2 Å². The minimum atomic E-state index is -3.79. The first-order valence-corrected chi connectivity index (χ1v) is 13.4. The first kappa shape index (κ1) is 28.0. The van der Waals surface area contributed by atoms with Gasteiger partial charge in [-0.25, -0.2) is 8.42 Å². The molecule has 2 rings (SSSR count). The molecule has 0 heterocycles. The van der Waals surface area contributed by atoms with Crippen molar-refractivity contribution in [3.05, 3.63) is 63.1 Å². The lowest BCUT2D eigenvalue weighted by Crippen LogP contribution is -2.52. The Morgan fingerprint density at radius 1 is 1.00 bits per heavy atom. The molecule has 0 aliphatic rings. The zero-order chi connectivity index (χ0) is 25.8. The lowest BCUT2D eigenvalue weighted by molar-refractivity contribution is -0.139. The highest BCUT2D eigenvalue weighted by Gasteiger charge is 2.30. The number of amides is 2. The van der Waals surface area contributed by atoms with E-state index in [2.05, 4.69) is 5.32 Å². The molecule has 7 nitrogen and oxygen atoms in total. The van der Waals surface area contributed by atoms with Gasteiger partial charge in [-0.1, -0.05) is 41.4 Å². The van der Waals surface area contributed by atoms with Crippen molar-refractivity contribution in [1.29, 1.82) is 0 Å². The number of carbonyl (C=O) groups excluding carboxylic acids is 2. The minimum absolute atomic E-state index is 0.0484. The highest BCUT2D eigenvalue weighted by molar-refractivity contribution is 7.92. The summed E-state index contributed by atoms with van der Waals surface area (Å²) in [5.74, 6) is -0.870. The van der Waals surface area contributed by atoms with Crippen molar-refractivity contribution in [2.45, 2.75) is 53.2 Å².